The predicted molar refractivity (Wildman–Crippen MR) is 75.1 cm³/mol. The van der Waals surface area contributed by atoms with Crippen molar-refractivity contribution in [2.45, 2.75) is 0 Å². The van der Waals surface area contributed by atoms with E-state index in [-0.39, 0.29) is 30.3 Å². The molecular weight excluding hydrogens is 310 g/mol. The van der Waals surface area contributed by atoms with Crippen LogP contribution in [0.15, 0.2) is 18.3 Å². The summed E-state index contributed by atoms with van der Waals surface area (Å²) in [6.07, 6.45) is 1.21. The minimum Gasteiger partial charge on any atom is -0.485 e. The molecule has 23 heavy (non-hydrogen) atoms. The zero-order valence-corrected chi connectivity index (χ0v) is 12.0. The maximum absolute atomic E-state index is 13.8. The topological polar surface area (TPSA) is 109 Å². The molecule has 2 N–H and O–H groups in total. The first-order valence-electron chi connectivity index (χ1n) is 6.37. The number of tetrazole rings is 1. The van der Waals surface area contributed by atoms with E-state index >= 15 is 0 Å². The smallest absolute Gasteiger partial charge is 0.216 e. The molecule has 0 aliphatic carbocycles. The molecule has 2 rings (SSSR count). The van der Waals surface area contributed by atoms with Gasteiger partial charge in [-0.2, -0.15) is 10.5 Å². The van der Waals surface area contributed by atoms with Crippen molar-refractivity contribution in [1.82, 2.24) is 20.6 Å². The molecule has 0 unspecified atom stereocenters. The number of hydrogen-bond donors (Lipinski definition) is 2. The molecule has 0 bridgehead atoms. The van der Waals surface area contributed by atoms with E-state index in [0.717, 1.165) is 12.1 Å². The number of aromatic nitrogens is 4. The third kappa shape index (κ3) is 4.21. The van der Waals surface area contributed by atoms with Crippen LogP contribution in [-0.2, 0) is 4.74 Å². The quantitative estimate of drug-likeness (QED) is 0.587. The van der Waals surface area contributed by atoms with Crippen LogP contribution in [0.1, 0.15) is 5.82 Å². The summed E-state index contributed by atoms with van der Waals surface area (Å²) >= 11 is 0. The fraction of sp³-hybridized carbons (Fsp3) is 0.231. The second kappa shape index (κ2) is 7.81. The van der Waals surface area contributed by atoms with Crippen LogP contribution in [-0.4, -0.2) is 40.9 Å². The molecule has 120 valence electrons. The van der Waals surface area contributed by atoms with E-state index in [2.05, 4.69) is 25.9 Å². The third-order valence-electron chi connectivity index (χ3n) is 2.62. The number of ether oxygens (including phenoxy) is 2. The number of H-pyrrole nitrogens is 1. The van der Waals surface area contributed by atoms with Gasteiger partial charge in [0.15, 0.2) is 17.4 Å². The Kier molecular flexibility index (Phi) is 5.54. The number of nitrogens with one attached hydrogen (secondary N) is 2. The lowest BCUT2D eigenvalue weighted by molar-refractivity contribution is 0.141. The molecule has 0 saturated carbocycles. The van der Waals surface area contributed by atoms with Crippen molar-refractivity contribution >= 4 is 11.3 Å². The molecule has 1 aromatic carbocycles. The van der Waals surface area contributed by atoms with Crippen LogP contribution in [0.25, 0.3) is 5.57 Å². The third-order valence-corrected chi connectivity index (χ3v) is 2.62. The number of benzene rings is 1. The molecule has 10 heteroatoms. The maximum Gasteiger partial charge on any atom is 0.216 e. The highest BCUT2D eigenvalue weighted by atomic mass is 19.1. The number of allylic oxidation sites excluding steroid dienone is 1. The van der Waals surface area contributed by atoms with E-state index < -0.39 is 17.4 Å². The largest absolute Gasteiger partial charge is 0.485 e. The molecule has 0 atom stereocenters. The van der Waals surface area contributed by atoms with Gasteiger partial charge in [0.25, 0.3) is 0 Å². The van der Waals surface area contributed by atoms with E-state index in [1.54, 1.807) is 0 Å². The van der Waals surface area contributed by atoms with Gasteiger partial charge in [-0.1, -0.05) is 0 Å². The average molecular weight is 322 g/mol. The summed E-state index contributed by atoms with van der Waals surface area (Å²) in [7, 11) is 1.45. The Morgan fingerprint density at radius 3 is 2.70 bits per heavy atom. The normalized spacial score (nSPS) is 11.1. The second-order valence-corrected chi connectivity index (χ2v) is 4.16. The highest BCUT2D eigenvalue weighted by Gasteiger charge is 2.13. The summed E-state index contributed by atoms with van der Waals surface area (Å²) in [5.74, 6) is -2.19. The highest BCUT2D eigenvalue weighted by Crippen LogP contribution is 2.26. The summed E-state index contributed by atoms with van der Waals surface area (Å²) in [5.41, 5.74) is 0.135. The van der Waals surface area contributed by atoms with E-state index in [4.69, 9.17) is 14.7 Å². The van der Waals surface area contributed by atoms with Gasteiger partial charge in [0.05, 0.1) is 6.61 Å². The van der Waals surface area contributed by atoms with Gasteiger partial charge >= 0.3 is 0 Å². The fourth-order valence-corrected chi connectivity index (χ4v) is 1.59. The van der Waals surface area contributed by atoms with E-state index in [0.29, 0.717) is 0 Å². The van der Waals surface area contributed by atoms with Crippen LogP contribution in [0.4, 0.5) is 14.5 Å². The number of hydrogen-bond acceptors (Lipinski definition) is 7. The molecule has 0 aliphatic heterocycles. The van der Waals surface area contributed by atoms with Crippen molar-refractivity contribution in [3.8, 4) is 11.8 Å². The number of aromatic amines is 1. The van der Waals surface area contributed by atoms with Crippen LogP contribution in [0.3, 0.4) is 0 Å². The molecule has 0 amide bonds. The first-order valence-corrected chi connectivity index (χ1v) is 6.37. The predicted octanol–water partition coefficient (Wildman–Crippen LogP) is 1.48. The summed E-state index contributed by atoms with van der Waals surface area (Å²) in [5, 5.41) is 24.4. The standard InChI is InChI=1S/C13H12F2N6O2/c1-22-2-3-23-12-10(14)4-9(5-11(12)15)17-7-8(6-16)13-18-20-21-19-13/h4-5,7,17H,2-3H2,1H3,(H,18,19,20,21). The molecule has 1 heterocycles. The molecular formula is C13H12F2N6O2. The average Bonchev–Trinajstić information content (AvgIpc) is 3.05. The lowest BCUT2D eigenvalue weighted by Crippen LogP contribution is -2.07. The van der Waals surface area contributed by atoms with Crippen LogP contribution >= 0.6 is 0 Å². The molecule has 0 spiro atoms. The Labute approximate surface area is 129 Å². The molecule has 0 aliphatic rings. The van der Waals surface area contributed by atoms with Gasteiger partial charge in [0.1, 0.15) is 18.2 Å². The van der Waals surface area contributed by atoms with Crippen LogP contribution in [0.5, 0.6) is 5.75 Å². The maximum atomic E-state index is 13.8. The van der Waals surface area contributed by atoms with E-state index in [9.17, 15) is 8.78 Å². The Hall–Kier alpha value is -3.06. The molecule has 0 saturated heterocycles. The first-order chi connectivity index (χ1) is 11.2. The summed E-state index contributed by atoms with van der Waals surface area (Å²) in [6.45, 7) is 0.227. The molecule has 1 aromatic heterocycles. The molecule has 8 nitrogen and oxygen atoms in total. The van der Waals surface area contributed by atoms with Gasteiger partial charge in [-0.25, -0.2) is 8.78 Å². The number of halogens is 2. The lowest BCUT2D eigenvalue weighted by atomic mass is 10.2. The van der Waals surface area contributed by atoms with Gasteiger partial charge < -0.3 is 14.8 Å². The zero-order chi connectivity index (χ0) is 16.7. The van der Waals surface area contributed by atoms with Crippen LogP contribution < -0.4 is 10.1 Å². The van der Waals surface area contributed by atoms with Crippen molar-refractivity contribution in [2.24, 2.45) is 0 Å². The molecule has 2 aromatic rings. The second-order valence-electron chi connectivity index (χ2n) is 4.16. The van der Waals surface area contributed by atoms with Gasteiger partial charge in [-0.05, 0) is 5.21 Å². The Bertz CT molecular complexity index is 704. The number of rotatable bonds is 7. The number of nitrogens with zero attached hydrogens (tertiary/aromatic N) is 4. The van der Waals surface area contributed by atoms with E-state index in [1.165, 1.54) is 13.3 Å². The molecule has 0 fully saturated rings. The van der Waals surface area contributed by atoms with Gasteiger partial charge in [0, 0.05) is 31.1 Å². The van der Waals surface area contributed by atoms with Crippen molar-refractivity contribution < 1.29 is 18.3 Å². The highest BCUT2D eigenvalue weighted by molar-refractivity contribution is 5.74. The van der Waals surface area contributed by atoms with Crippen molar-refractivity contribution in [3.63, 3.8) is 0 Å². The summed E-state index contributed by atoms with van der Waals surface area (Å²) in [4.78, 5) is 0. The van der Waals surface area contributed by atoms with Crippen LogP contribution in [0, 0.1) is 23.0 Å². The van der Waals surface area contributed by atoms with E-state index in [1.807, 2.05) is 6.07 Å². The Balaban J connectivity index is 2.14. The number of anilines is 1. The van der Waals surface area contributed by atoms with Crippen molar-refractivity contribution in [3.05, 3.63) is 35.8 Å². The van der Waals surface area contributed by atoms with Gasteiger partial charge in [-0.3, -0.25) is 0 Å². The first kappa shape index (κ1) is 16.3. The minimum atomic E-state index is -0.880. The SMILES string of the molecule is COCCOc1c(F)cc(NC=C(C#N)c2nn[nH]n2)cc1F. The lowest BCUT2D eigenvalue weighted by Gasteiger charge is -2.10. The summed E-state index contributed by atoms with van der Waals surface area (Å²) in [6, 6.07) is 3.91. The monoisotopic (exact) mass is 322 g/mol. The Morgan fingerprint density at radius 1 is 1.39 bits per heavy atom. The zero-order valence-electron chi connectivity index (χ0n) is 12.0. The fourth-order valence-electron chi connectivity index (χ4n) is 1.59. The van der Waals surface area contributed by atoms with Crippen molar-refractivity contribution in [2.75, 3.05) is 25.6 Å². The van der Waals surface area contributed by atoms with Crippen LogP contribution in [0.2, 0.25) is 0 Å². The number of nitriles is 1. The van der Waals surface area contributed by atoms with Gasteiger partial charge in [0.2, 0.25) is 5.82 Å². The van der Waals surface area contributed by atoms with Crippen molar-refractivity contribution in [1.29, 1.82) is 5.26 Å². The molecule has 0 radical (unpaired) electrons. The van der Waals surface area contributed by atoms with Gasteiger partial charge in [-0.15, -0.1) is 10.2 Å². The Morgan fingerprint density at radius 2 is 2.13 bits per heavy atom. The minimum absolute atomic E-state index is 0.0213. The number of methoxy groups -OCH3 is 1. The summed E-state index contributed by atoms with van der Waals surface area (Å²) < 4.78 is 37.4.